The molecule has 0 spiro atoms. The maximum Gasteiger partial charge on any atom is 0.269 e. The van der Waals surface area contributed by atoms with Crippen molar-refractivity contribution in [1.82, 2.24) is 35.3 Å². The van der Waals surface area contributed by atoms with E-state index in [0.29, 0.717) is 65.7 Å². The molecule has 0 atom stereocenters. The summed E-state index contributed by atoms with van der Waals surface area (Å²) in [6, 6.07) is 10.7. The van der Waals surface area contributed by atoms with Crippen LogP contribution >= 0.6 is 0 Å². The number of hydrogen-bond donors (Lipinski definition) is 3. The van der Waals surface area contributed by atoms with Crippen molar-refractivity contribution in [2.45, 2.75) is 19.9 Å². The Balaban J connectivity index is 1.58. The number of likely N-dealkylation sites (N-methyl/N-ethyl adjacent to an activating group) is 1. The Hall–Kier alpha value is -4.05. The van der Waals surface area contributed by atoms with Gasteiger partial charge in [-0.1, -0.05) is 18.2 Å². The first kappa shape index (κ1) is 24.1. The van der Waals surface area contributed by atoms with E-state index in [1.807, 2.05) is 37.2 Å². The van der Waals surface area contributed by atoms with Crippen molar-refractivity contribution < 1.29 is 9.59 Å². The fraction of sp³-hybridized carbons (Fsp3) is 0.320. The Labute approximate surface area is 202 Å². The molecule has 3 aromatic heterocycles. The summed E-state index contributed by atoms with van der Waals surface area (Å²) in [6.07, 6.45) is 2.09. The molecule has 1 aromatic carbocycles. The van der Waals surface area contributed by atoms with Crippen LogP contribution in [0.5, 0.6) is 0 Å². The van der Waals surface area contributed by atoms with Crippen LogP contribution in [0.15, 0.2) is 47.4 Å². The molecule has 4 rings (SSSR count). The van der Waals surface area contributed by atoms with Gasteiger partial charge < -0.3 is 20.1 Å². The molecule has 0 aliphatic carbocycles. The standard InChI is InChI=1S/C25H29N7O3/c1-16-21-22(30-29-16)18-14-19(24(34)27-11-13-31(2)3)28-15-20(18)32(25(21)35)12-7-10-26-23(33)17-8-5-4-6-9-17/h4-6,8-9,14-15H,7,10-13H2,1-3H3,(H,26,33)(H,27,34)(H,29,30). The highest BCUT2D eigenvalue weighted by atomic mass is 16.2. The fourth-order valence-electron chi connectivity index (χ4n) is 3.94. The van der Waals surface area contributed by atoms with E-state index in [-0.39, 0.29) is 23.1 Å². The van der Waals surface area contributed by atoms with Crippen LogP contribution in [-0.4, -0.2) is 70.2 Å². The number of fused-ring (bicyclic) bond motifs is 3. The molecular formula is C25H29N7O3. The van der Waals surface area contributed by atoms with Gasteiger partial charge in [-0.3, -0.25) is 19.5 Å². The molecule has 182 valence electrons. The summed E-state index contributed by atoms with van der Waals surface area (Å²) < 4.78 is 1.63. The predicted molar refractivity (Wildman–Crippen MR) is 135 cm³/mol. The first-order valence-corrected chi connectivity index (χ1v) is 11.5. The number of rotatable bonds is 9. The van der Waals surface area contributed by atoms with Crippen molar-refractivity contribution in [3.63, 3.8) is 0 Å². The molecule has 0 unspecified atom stereocenters. The molecule has 0 saturated heterocycles. The van der Waals surface area contributed by atoms with E-state index in [1.54, 1.807) is 35.9 Å². The summed E-state index contributed by atoms with van der Waals surface area (Å²) in [7, 11) is 3.87. The van der Waals surface area contributed by atoms with Crippen LogP contribution in [0, 0.1) is 6.92 Å². The minimum absolute atomic E-state index is 0.157. The number of aromatic amines is 1. The van der Waals surface area contributed by atoms with Crippen molar-refractivity contribution in [3.8, 4) is 0 Å². The second-order valence-corrected chi connectivity index (χ2v) is 8.65. The quantitative estimate of drug-likeness (QED) is 0.317. The second kappa shape index (κ2) is 10.5. The van der Waals surface area contributed by atoms with Crippen LogP contribution in [-0.2, 0) is 6.54 Å². The number of carbonyl (C=O) groups is 2. The second-order valence-electron chi connectivity index (χ2n) is 8.65. The molecule has 0 aliphatic rings. The van der Waals surface area contributed by atoms with Gasteiger partial charge in [-0.15, -0.1) is 0 Å². The van der Waals surface area contributed by atoms with Crippen LogP contribution in [0.4, 0.5) is 0 Å². The smallest absolute Gasteiger partial charge is 0.269 e. The summed E-state index contributed by atoms with van der Waals surface area (Å²) >= 11 is 0. The highest BCUT2D eigenvalue weighted by Gasteiger charge is 2.18. The molecule has 35 heavy (non-hydrogen) atoms. The van der Waals surface area contributed by atoms with Gasteiger partial charge in [0.25, 0.3) is 17.4 Å². The van der Waals surface area contributed by atoms with E-state index in [4.69, 9.17) is 0 Å². The van der Waals surface area contributed by atoms with E-state index in [9.17, 15) is 14.4 Å². The number of aromatic nitrogens is 4. The minimum atomic E-state index is -0.282. The lowest BCUT2D eigenvalue weighted by Crippen LogP contribution is -2.32. The van der Waals surface area contributed by atoms with E-state index in [2.05, 4.69) is 25.8 Å². The molecule has 3 N–H and O–H groups in total. The Morgan fingerprint density at radius 3 is 2.57 bits per heavy atom. The lowest BCUT2D eigenvalue weighted by Gasteiger charge is -2.13. The number of carbonyl (C=O) groups excluding carboxylic acids is 2. The SMILES string of the molecule is Cc1[nH]nc2c1c(=O)n(CCCNC(=O)c1ccccc1)c1cnc(C(=O)NCCN(C)C)cc21. The molecule has 0 fully saturated rings. The van der Waals surface area contributed by atoms with Crippen molar-refractivity contribution in [2.24, 2.45) is 0 Å². The Morgan fingerprint density at radius 1 is 1.09 bits per heavy atom. The number of H-pyrrole nitrogens is 1. The summed E-state index contributed by atoms with van der Waals surface area (Å²) in [4.78, 5) is 44.5. The molecular weight excluding hydrogens is 446 g/mol. The van der Waals surface area contributed by atoms with Crippen LogP contribution in [0.25, 0.3) is 21.8 Å². The Kier molecular flexibility index (Phi) is 7.21. The number of amides is 2. The predicted octanol–water partition coefficient (Wildman–Crippen LogP) is 1.69. The van der Waals surface area contributed by atoms with Crippen molar-refractivity contribution in [2.75, 3.05) is 33.7 Å². The first-order chi connectivity index (χ1) is 16.9. The molecule has 10 heteroatoms. The van der Waals surface area contributed by atoms with Gasteiger partial charge in [0.2, 0.25) is 0 Å². The number of hydrogen-bond acceptors (Lipinski definition) is 6. The van der Waals surface area contributed by atoms with Gasteiger partial charge in [-0.25, -0.2) is 4.98 Å². The third kappa shape index (κ3) is 5.22. The van der Waals surface area contributed by atoms with E-state index < -0.39 is 0 Å². The lowest BCUT2D eigenvalue weighted by molar-refractivity contribution is 0.0941. The molecule has 4 aromatic rings. The van der Waals surface area contributed by atoms with Crippen molar-refractivity contribution >= 4 is 33.6 Å². The molecule has 0 radical (unpaired) electrons. The average Bonchev–Trinajstić information content (AvgIpc) is 3.25. The number of nitrogens with one attached hydrogen (secondary N) is 3. The van der Waals surface area contributed by atoms with Crippen LogP contribution < -0.4 is 16.2 Å². The number of aryl methyl sites for hydroxylation is 2. The van der Waals surface area contributed by atoms with Crippen LogP contribution in [0.1, 0.15) is 33.0 Å². The molecule has 0 saturated carbocycles. The summed E-state index contributed by atoms with van der Waals surface area (Å²) in [5.41, 5.74) is 2.43. The lowest BCUT2D eigenvalue weighted by atomic mass is 10.1. The zero-order chi connectivity index (χ0) is 24.9. The monoisotopic (exact) mass is 475 g/mol. The maximum atomic E-state index is 13.3. The highest BCUT2D eigenvalue weighted by Crippen LogP contribution is 2.23. The highest BCUT2D eigenvalue weighted by molar-refractivity contribution is 6.06. The Morgan fingerprint density at radius 2 is 1.83 bits per heavy atom. The molecule has 0 bridgehead atoms. The van der Waals surface area contributed by atoms with Crippen LogP contribution in [0.2, 0.25) is 0 Å². The van der Waals surface area contributed by atoms with Gasteiger partial charge in [-0.2, -0.15) is 5.10 Å². The largest absolute Gasteiger partial charge is 0.352 e. The molecule has 0 aliphatic heterocycles. The first-order valence-electron chi connectivity index (χ1n) is 11.5. The van der Waals surface area contributed by atoms with Gasteiger partial charge in [-0.05, 0) is 45.6 Å². The van der Waals surface area contributed by atoms with E-state index >= 15 is 0 Å². The summed E-state index contributed by atoms with van der Waals surface area (Å²) in [5.74, 6) is -0.439. The number of benzene rings is 1. The zero-order valence-corrected chi connectivity index (χ0v) is 20.1. The number of nitrogens with zero attached hydrogens (tertiary/aromatic N) is 4. The van der Waals surface area contributed by atoms with Gasteiger partial charge in [0.15, 0.2) is 0 Å². The maximum absolute atomic E-state index is 13.3. The summed E-state index contributed by atoms with van der Waals surface area (Å²) in [6.45, 7) is 3.78. The third-order valence-corrected chi connectivity index (χ3v) is 5.79. The van der Waals surface area contributed by atoms with Gasteiger partial charge >= 0.3 is 0 Å². The number of pyridine rings is 2. The van der Waals surface area contributed by atoms with Crippen molar-refractivity contribution in [3.05, 3.63) is 69.9 Å². The summed E-state index contributed by atoms with van der Waals surface area (Å²) in [5, 5.41) is 14.1. The van der Waals surface area contributed by atoms with Crippen molar-refractivity contribution in [1.29, 1.82) is 0 Å². The fourth-order valence-corrected chi connectivity index (χ4v) is 3.94. The third-order valence-electron chi connectivity index (χ3n) is 5.79. The van der Waals surface area contributed by atoms with Gasteiger partial charge in [0.1, 0.15) is 11.2 Å². The molecule has 2 amide bonds. The normalized spacial score (nSPS) is 11.3. The minimum Gasteiger partial charge on any atom is -0.352 e. The molecule has 3 heterocycles. The topological polar surface area (TPSA) is 125 Å². The average molecular weight is 476 g/mol. The zero-order valence-electron chi connectivity index (χ0n) is 20.1. The van der Waals surface area contributed by atoms with E-state index in [1.165, 1.54) is 0 Å². The van der Waals surface area contributed by atoms with E-state index in [0.717, 1.165) is 0 Å². The Bertz CT molecular complexity index is 1420. The van der Waals surface area contributed by atoms with Gasteiger partial charge in [0.05, 0.1) is 17.1 Å². The van der Waals surface area contributed by atoms with Gasteiger partial charge in [0, 0.05) is 42.8 Å². The van der Waals surface area contributed by atoms with Crippen LogP contribution in [0.3, 0.4) is 0 Å². The molecule has 10 nitrogen and oxygen atoms in total.